The first-order valence-corrected chi connectivity index (χ1v) is 5.35. The molecule has 0 radical (unpaired) electrons. The molecule has 0 saturated carbocycles. The molecule has 0 spiro atoms. The summed E-state index contributed by atoms with van der Waals surface area (Å²) >= 11 is 0. The van der Waals surface area contributed by atoms with Gasteiger partial charge >= 0.3 is 0 Å². The maximum atomic E-state index is 5.37. The van der Waals surface area contributed by atoms with Gasteiger partial charge < -0.3 is 14.6 Å². The smallest absolute Gasteiger partial charge is 0.252 e. The third kappa shape index (κ3) is 4.90. The van der Waals surface area contributed by atoms with E-state index in [0.29, 0.717) is 25.1 Å². The minimum atomic E-state index is 0.396. The topological polar surface area (TPSA) is 60.2 Å². The summed E-state index contributed by atoms with van der Waals surface area (Å²) in [6.07, 6.45) is 0.790. The lowest BCUT2D eigenvalue weighted by Gasteiger charge is -2.06. The molecule has 86 valence electrons. The van der Waals surface area contributed by atoms with Gasteiger partial charge in [0.2, 0.25) is 0 Å². The van der Waals surface area contributed by atoms with Crippen molar-refractivity contribution >= 4 is 0 Å². The number of ether oxygens (including phenoxy) is 1. The zero-order valence-corrected chi connectivity index (χ0v) is 9.62. The van der Waals surface area contributed by atoms with Crippen LogP contribution in [-0.4, -0.2) is 29.3 Å². The Bertz CT molecular complexity index is 273. The monoisotopic (exact) mass is 213 g/mol. The first kappa shape index (κ1) is 12.1. The number of nitrogens with one attached hydrogen (secondary N) is 1. The molecule has 0 amide bonds. The van der Waals surface area contributed by atoms with Crippen molar-refractivity contribution in [2.24, 2.45) is 0 Å². The molecule has 1 rings (SSSR count). The Morgan fingerprint density at radius 2 is 2.27 bits per heavy atom. The van der Waals surface area contributed by atoms with Crippen LogP contribution in [-0.2, 0) is 17.8 Å². The van der Waals surface area contributed by atoms with E-state index in [0.717, 1.165) is 18.8 Å². The Hall–Kier alpha value is -0.940. The maximum Gasteiger partial charge on any atom is 0.252 e. The van der Waals surface area contributed by atoms with E-state index in [1.807, 2.05) is 6.92 Å². The van der Waals surface area contributed by atoms with Gasteiger partial charge in [-0.05, 0) is 0 Å². The first-order valence-electron chi connectivity index (χ1n) is 5.35. The van der Waals surface area contributed by atoms with Crippen LogP contribution >= 0.6 is 0 Å². The Morgan fingerprint density at radius 1 is 1.47 bits per heavy atom. The Labute approximate surface area is 90.2 Å². The van der Waals surface area contributed by atoms with Crippen molar-refractivity contribution in [3.63, 3.8) is 0 Å². The molecule has 0 bridgehead atoms. The molecule has 5 nitrogen and oxygen atoms in total. The highest BCUT2D eigenvalue weighted by Gasteiger charge is 2.03. The molecule has 0 aromatic carbocycles. The molecular formula is C10H19N3O2. The summed E-state index contributed by atoms with van der Waals surface area (Å²) in [4.78, 5) is 4.14. The number of rotatable bonds is 7. The summed E-state index contributed by atoms with van der Waals surface area (Å²) < 4.78 is 10.3. The third-order valence-electron chi connectivity index (χ3n) is 1.85. The second-order valence-corrected chi connectivity index (χ2v) is 3.62. The van der Waals surface area contributed by atoms with Gasteiger partial charge in [0.1, 0.15) is 6.61 Å². The van der Waals surface area contributed by atoms with Crippen LogP contribution in [0.1, 0.15) is 32.5 Å². The summed E-state index contributed by atoms with van der Waals surface area (Å²) in [5.41, 5.74) is 0. The Kier molecular flexibility index (Phi) is 5.28. The fourth-order valence-electron chi connectivity index (χ4n) is 1.07. The largest absolute Gasteiger partial charge is 0.370 e. The molecule has 0 atom stereocenters. The number of hydrogen-bond donors (Lipinski definition) is 1. The van der Waals surface area contributed by atoms with Crippen LogP contribution in [0.4, 0.5) is 0 Å². The predicted octanol–water partition coefficient (Wildman–Crippen LogP) is 1.15. The van der Waals surface area contributed by atoms with E-state index in [1.165, 1.54) is 0 Å². The zero-order chi connectivity index (χ0) is 11.1. The van der Waals surface area contributed by atoms with Gasteiger partial charge in [0, 0.05) is 19.0 Å². The molecular weight excluding hydrogens is 194 g/mol. The molecule has 0 aliphatic rings. The van der Waals surface area contributed by atoms with Crippen LogP contribution in [0.5, 0.6) is 0 Å². The Balaban J connectivity index is 2.09. The van der Waals surface area contributed by atoms with E-state index in [2.05, 4.69) is 29.3 Å². The first-order chi connectivity index (χ1) is 7.22. The van der Waals surface area contributed by atoms with Gasteiger partial charge in [-0.3, -0.25) is 0 Å². The van der Waals surface area contributed by atoms with E-state index in [1.54, 1.807) is 0 Å². The van der Waals surface area contributed by atoms with Crippen LogP contribution in [0, 0.1) is 0 Å². The van der Waals surface area contributed by atoms with Gasteiger partial charge in [0.05, 0.1) is 6.61 Å². The van der Waals surface area contributed by atoms with Crippen LogP contribution in [0.3, 0.4) is 0 Å². The van der Waals surface area contributed by atoms with Crippen LogP contribution in [0.25, 0.3) is 0 Å². The Morgan fingerprint density at radius 3 is 2.87 bits per heavy atom. The van der Waals surface area contributed by atoms with Gasteiger partial charge in [-0.2, -0.15) is 4.98 Å². The molecule has 0 saturated heterocycles. The van der Waals surface area contributed by atoms with Gasteiger partial charge in [-0.15, -0.1) is 0 Å². The molecule has 5 heteroatoms. The second kappa shape index (κ2) is 6.53. The average molecular weight is 213 g/mol. The predicted molar refractivity (Wildman–Crippen MR) is 56.5 cm³/mol. The normalized spacial score (nSPS) is 11.2. The van der Waals surface area contributed by atoms with Crippen LogP contribution in [0.15, 0.2) is 4.52 Å². The van der Waals surface area contributed by atoms with Crippen LogP contribution < -0.4 is 5.32 Å². The van der Waals surface area contributed by atoms with Crippen molar-refractivity contribution in [2.45, 2.75) is 39.8 Å². The van der Waals surface area contributed by atoms with Crippen molar-refractivity contribution in [3.05, 3.63) is 11.7 Å². The molecule has 1 aromatic heterocycles. The highest BCUT2D eigenvalue weighted by atomic mass is 16.5. The molecule has 1 aromatic rings. The number of aryl methyl sites for hydroxylation is 1. The number of hydrogen-bond acceptors (Lipinski definition) is 5. The minimum Gasteiger partial charge on any atom is -0.370 e. The third-order valence-corrected chi connectivity index (χ3v) is 1.85. The average Bonchev–Trinajstić information content (AvgIpc) is 2.65. The fourth-order valence-corrected chi connectivity index (χ4v) is 1.07. The highest BCUT2D eigenvalue weighted by Crippen LogP contribution is 1.99. The maximum absolute atomic E-state index is 5.37. The SMILES string of the molecule is CCc1noc(COCCNC(C)C)n1. The minimum absolute atomic E-state index is 0.396. The summed E-state index contributed by atoms with van der Waals surface area (Å²) in [5.74, 6) is 1.28. The number of aromatic nitrogens is 2. The van der Waals surface area contributed by atoms with E-state index < -0.39 is 0 Å². The molecule has 0 aliphatic carbocycles. The molecule has 1 heterocycles. The van der Waals surface area contributed by atoms with E-state index in [4.69, 9.17) is 9.26 Å². The molecule has 0 fully saturated rings. The molecule has 1 N–H and O–H groups in total. The van der Waals surface area contributed by atoms with E-state index >= 15 is 0 Å². The van der Waals surface area contributed by atoms with Gasteiger partial charge in [0.15, 0.2) is 5.82 Å². The van der Waals surface area contributed by atoms with Crippen LogP contribution in [0.2, 0.25) is 0 Å². The van der Waals surface area contributed by atoms with Crippen molar-refractivity contribution < 1.29 is 9.26 Å². The van der Waals surface area contributed by atoms with Crippen molar-refractivity contribution in [3.8, 4) is 0 Å². The number of nitrogens with zero attached hydrogens (tertiary/aromatic N) is 2. The van der Waals surface area contributed by atoms with Crippen molar-refractivity contribution in [2.75, 3.05) is 13.2 Å². The summed E-state index contributed by atoms with van der Waals surface area (Å²) in [6, 6.07) is 0.490. The summed E-state index contributed by atoms with van der Waals surface area (Å²) in [7, 11) is 0. The summed E-state index contributed by atoms with van der Waals surface area (Å²) in [5, 5.41) is 7.04. The van der Waals surface area contributed by atoms with Crippen molar-refractivity contribution in [1.82, 2.24) is 15.5 Å². The lowest BCUT2D eigenvalue weighted by atomic mass is 10.4. The van der Waals surface area contributed by atoms with Gasteiger partial charge in [-0.1, -0.05) is 25.9 Å². The highest BCUT2D eigenvalue weighted by molar-refractivity contribution is 4.83. The van der Waals surface area contributed by atoms with E-state index in [-0.39, 0.29) is 0 Å². The van der Waals surface area contributed by atoms with Crippen molar-refractivity contribution in [1.29, 1.82) is 0 Å². The summed E-state index contributed by atoms with van der Waals surface area (Å²) in [6.45, 7) is 8.08. The fraction of sp³-hybridized carbons (Fsp3) is 0.800. The molecule has 15 heavy (non-hydrogen) atoms. The lowest BCUT2D eigenvalue weighted by molar-refractivity contribution is 0.0984. The second-order valence-electron chi connectivity index (χ2n) is 3.62. The quantitative estimate of drug-likeness (QED) is 0.688. The molecule has 0 unspecified atom stereocenters. The lowest BCUT2D eigenvalue weighted by Crippen LogP contribution is -2.26. The zero-order valence-electron chi connectivity index (χ0n) is 9.62. The molecule has 0 aliphatic heterocycles. The van der Waals surface area contributed by atoms with Gasteiger partial charge in [0.25, 0.3) is 5.89 Å². The standard InChI is InChI=1S/C10H19N3O2/c1-4-9-12-10(15-13-9)7-14-6-5-11-8(2)3/h8,11H,4-7H2,1-3H3. The van der Waals surface area contributed by atoms with Gasteiger partial charge in [-0.25, -0.2) is 0 Å². The van der Waals surface area contributed by atoms with E-state index in [9.17, 15) is 0 Å².